The molecule has 1 aliphatic rings. The van der Waals surface area contributed by atoms with Gasteiger partial charge in [0.05, 0.1) is 10.5 Å². The van der Waals surface area contributed by atoms with Crippen LogP contribution in [0.4, 0.5) is 19.0 Å². The summed E-state index contributed by atoms with van der Waals surface area (Å²) in [6.07, 6.45) is 5.67. The van der Waals surface area contributed by atoms with E-state index < -0.39 is 21.8 Å². The van der Waals surface area contributed by atoms with E-state index >= 15 is 0 Å². The van der Waals surface area contributed by atoms with E-state index in [9.17, 15) is 26.4 Å². The van der Waals surface area contributed by atoms with E-state index in [1.807, 2.05) is 30.3 Å². The van der Waals surface area contributed by atoms with E-state index in [1.54, 1.807) is 48.9 Å². The van der Waals surface area contributed by atoms with Crippen LogP contribution < -0.4 is 5.32 Å². The molecule has 1 saturated carbocycles. The lowest BCUT2D eigenvalue weighted by atomic mass is 9.89. The molecule has 1 fully saturated rings. The Balaban J connectivity index is 1.17. The van der Waals surface area contributed by atoms with Crippen LogP contribution in [-0.2, 0) is 34.1 Å². The zero-order chi connectivity index (χ0) is 34.4. The Labute approximate surface area is 283 Å². The maximum absolute atomic E-state index is 14.0. The lowest BCUT2D eigenvalue weighted by Gasteiger charge is -2.23. The molecule has 2 aromatic heterocycles. The number of hydrogen-bond acceptors (Lipinski definition) is 5. The molecule has 6 rings (SSSR count). The second kappa shape index (κ2) is 14.7. The number of nitrogens with one attached hydrogen (secondary N) is 1. The molecule has 0 aliphatic heterocycles. The van der Waals surface area contributed by atoms with Crippen molar-refractivity contribution >= 4 is 21.7 Å². The summed E-state index contributed by atoms with van der Waals surface area (Å²) in [5.41, 5.74) is 3.61. The number of rotatable bonds is 10. The van der Waals surface area contributed by atoms with Crippen molar-refractivity contribution in [2.45, 2.75) is 56.3 Å². The number of amides is 1. The number of benzene rings is 3. The Bertz CT molecular complexity index is 1960. The van der Waals surface area contributed by atoms with Gasteiger partial charge in [-0.2, -0.15) is 17.5 Å². The van der Waals surface area contributed by atoms with Gasteiger partial charge in [-0.1, -0.05) is 73.9 Å². The Morgan fingerprint density at radius 3 is 1.92 bits per heavy atom. The van der Waals surface area contributed by atoms with Crippen molar-refractivity contribution in [2.75, 3.05) is 5.32 Å². The topological polar surface area (TPSA) is 92.3 Å². The standard InChI is InChI=1S/C38H35F3N4O3S/c39-38(40,41)34-17-12-29(13-18-34)30-14-19-35(20-15-30)49(47,48)45(26-28-5-4-22-42-23-28)25-27-8-10-31(11-9-27)33-16-21-36(43-24-33)44-37(46)32-6-2-1-3-7-32/h4-5,8-24,32H,1-3,6-7,25-26H2,(H,43,44,46). The third kappa shape index (κ3) is 8.41. The maximum atomic E-state index is 14.0. The van der Waals surface area contributed by atoms with Gasteiger partial charge >= 0.3 is 6.18 Å². The largest absolute Gasteiger partial charge is 0.416 e. The van der Waals surface area contributed by atoms with Crippen LogP contribution in [0.15, 0.2) is 121 Å². The van der Waals surface area contributed by atoms with Crippen LogP contribution in [0, 0.1) is 5.92 Å². The van der Waals surface area contributed by atoms with Crippen molar-refractivity contribution in [1.82, 2.24) is 14.3 Å². The number of nitrogens with zero attached hydrogens (tertiary/aromatic N) is 3. The molecule has 1 N–H and O–H groups in total. The Morgan fingerprint density at radius 2 is 1.33 bits per heavy atom. The molecule has 0 radical (unpaired) electrons. The van der Waals surface area contributed by atoms with Crippen LogP contribution in [0.3, 0.4) is 0 Å². The molecule has 5 aromatic rings. The highest BCUT2D eigenvalue weighted by Gasteiger charge is 2.30. The predicted octanol–water partition coefficient (Wildman–Crippen LogP) is 8.74. The van der Waals surface area contributed by atoms with Crippen LogP contribution >= 0.6 is 0 Å². The van der Waals surface area contributed by atoms with Gasteiger partial charge in [-0.3, -0.25) is 9.78 Å². The first-order valence-corrected chi connectivity index (χ1v) is 17.5. The number of halogens is 3. The molecule has 252 valence electrons. The summed E-state index contributed by atoms with van der Waals surface area (Å²) in [6, 6.07) is 25.6. The summed E-state index contributed by atoms with van der Waals surface area (Å²) in [4.78, 5) is 21.2. The average molecular weight is 685 g/mol. The fourth-order valence-electron chi connectivity index (χ4n) is 5.98. The Hall–Kier alpha value is -4.87. The fourth-order valence-corrected chi connectivity index (χ4v) is 7.40. The van der Waals surface area contributed by atoms with E-state index in [2.05, 4.69) is 15.3 Å². The molecule has 0 saturated heterocycles. The third-order valence-electron chi connectivity index (χ3n) is 8.76. The highest BCUT2D eigenvalue weighted by Crippen LogP contribution is 2.32. The molecule has 0 spiro atoms. The van der Waals surface area contributed by atoms with Gasteiger partial charge < -0.3 is 5.32 Å². The van der Waals surface area contributed by atoms with Crippen LogP contribution in [-0.4, -0.2) is 28.6 Å². The van der Waals surface area contributed by atoms with Crippen LogP contribution in [0.5, 0.6) is 0 Å². The number of pyridine rings is 2. The molecule has 3 aromatic carbocycles. The number of hydrogen-bond donors (Lipinski definition) is 1. The minimum Gasteiger partial charge on any atom is -0.310 e. The smallest absolute Gasteiger partial charge is 0.310 e. The van der Waals surface area contributed by atoms with Crippen molar-refractivity contribution < 1.29 is 26.4 Å². The maximum Gasteiger partial charge on any atom is 0.416 e. The van der Waals surface area contributed by atoms with Gasteiger partial charge in [0.25, 0.3) is 0 Å². The SMILES string of the molecule is O=C(Nc1ccc(-c2ccc(CN(Cc3cccnc3)S(=O)(=O)c3ccc(-c4ccc(C(F)(F)F)cc4)cc3)cc2)cn1)C1CCCCC1. The molecule has 11 heteroatoms. The fraction of sp³-hybridized carbons (Fsp3) is 0.237. The molecule has 1 amide bonds. The Morgan fingerprint density at radius 1 is 0.735 bits per heavy atom. The summed E-state index contributed by atoms with van der Waals surface area (Å²) < 4.78 is 68.3. The van der Waals surface area contributed by atoms with Gasteiger partial charge in [0.1, 0.15) is 5.82 Å². The van der Waals surface area contributed by atoms with Gasteiger partial charge in [0.2, 0.25) is 15.9 Å². The molecule has 0 atom stereocenters. The zero-order valence-corrected chi connectivity index (χ0v) is 27.4. The number of carbonyl (C=O) groups is 1. The van der Waals surface area contributed by atoms with Crippen LogP contribution in [0.1, 0.15) is 48.8 Å². The van der Waals surface area contributed by atoms with Gasteiger partial charge in [0.15, 0.2) is 0 Å². The molecular formula is C38H35F3N4O3S. The lowest BCUT2D eigenvalue weighted by Crippen LogP contribution is -2.30. The van der Waals surface area contributed by atoms with Crippen molar-refractivity contribution in [3.8, 4) is 22.3 Å². The van der Waals surface area contributed by atoms with Crippen molar-refractivity contribution in [1.29, 1.82) is 0 Å². The molecule has 49 heavy (non-hydrogen) atoms. The quantitative estimate of drug-likeness (QED) is 0.159. The number of alkyl halides is 3. The van der Waals surface area contributed by atoms with Crippen LogP contribution in [0.2, 0.25) is 0 Å². The van der Waals surface area contributed by atoms with Crippen molar-refractivity contribution in [2.24, 2.45) is 5.92 Å². The van der Waals surface area contributed by atoms with Crippen LogP contribution in [0.25, 0.3) is 22.3 Å². The van der Waals surface area contributed by atoms with Crippen molar-refractivity contribution in [3.05, 3.63) is 132 Å². The van der Waals surface area contributed by atoms with E-state index in [1.165, 1.54) is 35.0 Å². The molecule has 7 nitrogen and oxygen atoms in total. The highest BCUT2D eigenvalue weighted by molar-refractivity contribution is 7.89. The molecular weight excluding hydrogens is 650 g/mol. The Kier molecular flexibility index (Phi) is 10.2. The number of carbonyl (C=O) groups excluding carboxylic acids is 1. The second-order valence-electron chi connectivity index (χ2n) is 12.2. The normalized spacial score (nSPS) is 14.1. The zero-order valence-electron chi connectivity index (χ0n) is 26.6. The first-order chi connectivity index (χ1) is 23.6. The monoisotopic (exact) mass is 684 g/mol. The first kappa shape index (κ1) is 34.0. The van der Waals surface area contributed by atoms with E-state index in [4.69, 9.17) is 0 Å². The van der Waals surface area contributed by atoms with E-state index in [0.717, 1.165) is 54.5 Å². The molecule has 0 bridgehead atoms. The summed E-state index contributed by atoms with van der Waals surface area (Å²) in [5.74, 6) is 0.571. The third-order valence-corrected chi connectivity index (χ3v) is 10.6. The average Bonchev–Trinajstić information content (AvgIpc) is 3.12. The molecule has 0 unspecified atom stereocenters. The molecule has 1 aliphatic carbocycles. The summed E-state index contributed by atoms with van der Waals surface area (Å²) in [7, 11) is -4.00. The number of anilines is 1. The first-order valence-electron chi connectivity index (χ1n) is 16.1. The minimum absolute atomic E-state index is 0.0187. The van der Waals surface area contributed by atoms with Gasteiger partial charge in [0, 0.05) is 43.2 Å². The number of aromatic nitrogens is 2. The van der Waals surface area contributed by atoms with Gasteiger partial charge in [-0.15, -0.1) is 0 Å². The van der Waals surface area contributed by atoms with E-state index in [0.29, 0.717) is 22.5 Å². The lowest BCUT2D eigenvalue weighted by molar-refractivity contribution is -0.137. The molecule has 2 heterocycles. The highest BCUT2D eigenvalue weighted by atomic mass is 32.2. The van der Waals surface area contributed by atoms with E-state index in [-0.39, 0.29) is 29.8 Å². The van der Waals surface area contributed by atoms with Gasteiger partial charge in [-0.05, 0) is 83.1 Å². The van der Waals surface area contributed by atoms with Crippen molar-refractivity contribution in [3.63, 3.8) is 0 Å². The minimum atomic E-state index is -4.44. The number of sulfonamides is 1. The summed E-state index contributed by atoms with van der Waals surface area (Å²) >= 11 is 0. The second-order valence-corrected chi connectivity index (χ2v) is 14.1. The van der Waals surface area contributed by atoms with Gasteiger partial charge in [-0.25, -0.2) is 13.4 Å². The summed E-state index contributed by atoms with van der Waals surface area (Å²) in [6.45, 7) is 0.166. The predicted molar refractivity (Wildman–Crippen MR) is 182 cm³/mol. The summed E-state index contributed by atoms with van der Waals surface area (Å²) in [5, 5.41) is 2.93.